The molecule has 0 aliphatic rings. The van der Waals surface area contributed by atoms with E-state index in [1.165, 1.54) is 6.07 Å². The van der Waals surface area contributed by atoms with Gasteiger partial charge in [-0.2, -0.15) is 26.3 Å². The van der Waals surface area contributed by atoms with Crippen molar-refractivity contribution in [3.63, 3.8) is 0 Å². The Morgan fingerprint density at radius 1 is 0.957 bits per heavy atom. The third kappa shape index (κ3) is 3.66. The second-order valence-electron chi connectivity index (χ2n) is 4.62. The van der Waals surface area contributed by atoms with Crippen molar-refractivity contribution in [1.29, 1.82) is 0 Å². The molecule has 0 saturated carbocycles. The monoisotopic (exact) mass is 334 g/mol. The van der Waals surface area contributed by atoms with E-state index in [9.17, 15) is 31.1 Å². The van der Waals surface area contributed by atoms with E-state index in [1.54, 1.807) is 0 Å². The van der Waals surface area contributed by atoms with Crippen LogP contribution in [0.2, 0.25) is 0 Å². The van der Waals surface area contributed by atoms with Crippen LogP contribution in [-0.4, -0.2) is 16.0 Å². The van der Waals surface area contributed by atoms with Crippen molar-refractivity contribution in [2.24, 2.45) is 0 Å². The Morgan fingerprint density at radius 3 is 2.13 bits per heavy atom. The van der Waals surface area contributed by atoms with Crippen molar-refractivity contribution in [3.8, 4) is 11.3 Å². The maximum Gasteiger partial charge on any atom is 0.418 e. The smallest absolute Gasteiger partial charge is 0.293 e. The quantitative estimate of drug-likeness (QED) is 0.604. The zero-order chi connectivity index (χ0) is 17.4. The van der Waals surface area contributed by atoms with E-state index in [0.717, 1.165) is 19.1 Å². The third-order valence-corrected chi connectivity index (χ3v) is 2.92. The first-order valence-corrected chi connectivity index (χ1v) is 6.13. The maximum atomic E-state index is 13.0. The zero-order valence-corrected chi connectivity index (χ0v) is 11.5. The van der Waals surface area contributed by atoms with Gasteiger partial charge in [-0.25, -0.2) is 0 Å². The average Bonchev–Trinajstić information content (AvgIpc) is 2.45. The zero-order valence-electron chi connectivity index (χ0n) is 11.5. The van der Waals surface area contributed by atoms with Crippen LogP contribution < -0.4 is 0 Å². The molecule has 0 fully saturated rings. The van der Waals surface area contributed by atoms with Gasteiger partial charge in [-0.1, -0.05) is 12.1 Å². The molecule has 0 amide bonds. The number of aromatic nitrogens is 2. The van der Waals surface area contributed by atoms with Gasteiger partial charge in [0.15, 0.2) is 5.78 Å². The minimum absolute atomic E-state index is 0.187. The molecule has 122 valence electrons. The molecule has 0 spiro atoms. The molecule has 23 heavy (non-hydrogen) atoms. The molecule has 9 heteroatoms. The molecule has 0 bridgehead atoms. The van der Waals surface area contributed by atoms with E-state index in [4.69, 9.17) is 0 Å². The van der Waals surface area contributed by atoms with Crippen LogP contribution in [0.15, 0.2) is 30.3 Å². The minimum Gasteiger partial charge on any atom is -0.293 e. The molecule has 0 aliphatic heterocycles. The van der Waals surface area contributed by atoms with E-state index < -0.39 is 40.7 Å². The lowest BCUT2D eigenvalue weighted by molar-refractivity contribution is -0.138. The van der Waals surface area contributed by atoms with Crippen molar-refractivity contribution < 1.29 is 31.1 Å². The highest BCUT2D eigenvalue weighted by Crippen LogP contribution is 2.35. The number of alkyl halides is 6. The lowest BCUT2D eigenvalue weighted by Crippen LogP contribution is -2.15. The fourth-order valence-electron chi connectivity index (χ4n) is 1.86. The fourth-order valence-corrected chi connectivity index (χ4v) is 1.86. The first-order chi connectivity index (χ1) is 10.5. The standard InChI is InChI=1S/C14H8F6N2O/c1-7(23)12-10(14(18,19)20)6-11(21-22-12)8-3-2-4-9(5-8)13(15,16)17/h2-6H,1H3. The Hall–Kier alpha value is -2.45. The lowest BCUT2D eigenvalue weighted by atomic mass is 10.0. The molecule has 3 nitrogen and oxygen atoms in total. The second kappa shape index (κ2) is 5.64. The number of ketones is 1. The molecule has 0 saturated heterocycles. The minimum atomic E-state index is -4.88. The summed E-state index contributed by atoms with van der Waals surface area (Å²) in [5.41, 5.74) is -3.84. The summed E-state index contributed by atoms with van der Waals surface area (Å²) in [7, 11) is 0. The van der Waals surface area contributed by atoms with Crippen LogP contribution in [0.1, 0.15) is 28.5 Å². The van der Waals surface area contributed by atoms with Crippen molar-refractivity contribution in [2.45, 2.75) is 19.3 Å². The molecule has 2 rings (SSSR count). The highest BCUT2D eigenvalue weighted by molar-refractivity contribution is 5.93. The van der Waals surface area contributed by atoms with Crippen molar-refractivity contribution in [3.05, 3.63) is 47.2 Å². The molecule has 0 aliphatic carbocycles. The number of carbonyl (C=O) groups excluding carboxylic acids is 1. The highest BCUT2D eigenvalue weighted by atomic mass is 19.4. The summed E-state index contributed by atoms with van der Waals surface area (Å²) in [6.07, 6.45) is -9.52. The predicted molar refractivity (Wildman–Crippen MR) is 67.5 cm³/mol. The van der Waals surface area contributed by atoms with Crippen LogP contribution in [0.3, 0.4) is 0 Å². The molecule has 0 radical (unpaired) electrons. The highest BCUT2D eigenvalue weighted by Gasteiger charge is 2.36. The number of hydrogen-bond donors (Lipinski definition) is 0. The number of nitrogens with zero attached hydrogens (tertiary/aromatic N) is 2. The maximum absolute atomic E-state index is 13.0. The number of benzene rings is 1. The van der Waals surface area contributed by atoms with Crippen molar-refractivity contribution in [1.82, 2.24) is 10.2 Å². The third-order valence-electron chi connectivity index (χ3n) is 2.92. The SMILES string of the molecule is CC(=O)c1nnc(-c2cccc(C(F)(F)F)c2)cc1C(F)(F)F. The van der Waals surface area contributed by atoms with Crippen LogP contribution in [-0.2, 0) is 12.4 Å². The van der Waals surface area contributed by atoms with Gasteiger partial charge in [0, 0.05) is 12.5 Å². The second-order valence-corrected chi connectivity index (χ2v) is 4.62. The summed E-state index contributed by atoms with van der Waals surface area (Å²) >= 11 is 0. The molecule has 1 heterocycles. The van der Waals surface area contributed by atoms with Gasteiger partial charge in [0.1, 0.15) is 5.69 Å². The van der Waals surface area contributed by atoms with Crippen LogP contribution in [0.5, 0.6) is 0 Å². The van der Waals surface area contributed by atoms with Crippen LogP contribution in [0.25, 0.3) is 11.3 Å². The number of rotatable bonds is 2. The molecular weight excluding hydrogens is 326 g/mol. The Labute approximate surface area is 126 Å². The van der Waals surface area contributed by atoms with Gasteiger partial charge in [-0.05, 0) is 18.2 Å². The predicted octanol–water partition coefficient (Wildman–Crippen LogP) is 4.38. The van der Waals surface area contributed by atoms with Crippen molar-refractivity contribution >= 4 is 5.78 Å². The van der Waals surface area contributed by atoms with Gasteiger partial charge in [0.2, 0.25) is 0 Å². The van der Waals surface area contributed by atoms with Gasteiger partial charge in [-0.3, -0.25) is 4.79 Å². The van der Waals surface area contributed by atoms with Gasteiger partial charge in [0.25, 0.3) is 0 Å². The Bertz CT molecular complexity index is 752. The molecule has 1 aromatic carbocycles. The Morgan fingerprint density at radius 2 is 1.61 bits per heavy atom. The summed E-state index contributed by atoms with van der Waals surface area (Å²) in [6.45, 7) is 0.892. The van der Waals surface area contributed by atoms with E-state index in [1.807, 2.05) is 0 Å². The largest absolute Gasteiger partial charge is 0.418 e. The molecular formula is C14H8F6N2O. The number of hydrogen-bond acceptors (Lipinski definition) is 3. The van der Waals surface area contributed by atoms with Gasteiger partial charge < -0.3 is 0 Å². The summed E-state index contributed by atoms with van der Waals surface area (Å²) in [6, 6.07) is 4.18. The van der Waals surface area contributed by atoms with Gasteiger partial charge in [0.05, 0.1) is 16.8 Å². The Kier molecular flexibility index (Phi) is 4.14. The average molecular weight is 334 g/mol. The fraction of sp³-hybridized carbons (Fsp3) is 0.214. The number of Topliss-reactive ketones (excluding diaryl/α,β-unsaturated/α-hetero) is 1. The molecule has 2 aromatic rings. The van der Waals surface area contributed by atoms with E-state index in [0.29, 0.717) is 12.1 Å². The van der Waals surface area contributed by atoms with Crippen LogP contribution in [0, 0.1) is 0 Å². The number of halogens is 6. The molecule has 1 aromatic heterocycles. The first kappa shape index (κ1) is 16.9. The summed E-state index contributed by atoms with van der Waals surface area (Å²) < 4.78 is 76.9. The summed E-state index contributed by atoms with van der Waals surface area (Å²) in [4.78, 5) is 11.2. The summed E-state index contributed by atoms with van der Waals surface area (Å²) in [5, 5.41) is 6.64. The van der Waals surface area contributed by atoms with Crippen molar-refractivity contribution in [2.75, 3.05) is 0 Å². The normalized spacial score (nSPS) is 12.3. The van der Waals surface area contributed by atoms with E-state index in [2.05, 4.69) is 10.2 Å². The summed E-state index contributed by atoms with van der Waals surface area (Å²) in [5.74, 6) is -0.944. The van der Waals surface area contributed by atoms with E-state index >= 15 is 0 Å². The first-order valence-electron chi connectivity index (χ1n) is 6.13. The van der Waals surface area contributed by atoms with Crippen LogP contribution in [0.4, 0.5) is 26.3 Å². The Balaban J connectivity index is 2.60. The van der Waals surface area contributed by atoms with Gasteiger partial charge >= 0.3 is 12.4 Å². The molecule has 0 unspecified atom stereocenters. The van der Waals surface area contributed by atoms with Crippen LogP contribution >= 0.6 is 0 Å². The van der Waals surface area contributed by atoms with E-state index in [-0.39, 0.29) is 5.56 Å². The van der Waals surface area contributed by atoms with Gasteiger partial charge in [-0.15, -0.1) is 10.2 Å². The number of carbonyl (C=O) groups is 1. The topological polar surface area (TPSA) is 42.9 Å². The molecule has 0 N–H and O–H groups in total. The lowest BCUT2D eigenvalue weighted by Gasteiger charge is -2.12. The molecule has 0 atom stereocenters.